The molecule has 64 valence electrons. The molecule has 2 fully saturated rings. The first-order chi connectivity index (χ1) is 5.27. The molecule has 2 aliphatic rings. The fourth-order valence-corrected chi connectivity index (χ4v) is 4.34. The first-order valence-corrected chi connectivity index (χ1v) is 5.87. The maximum Gasteiger partial charge on any atom is 0.0106 e. The van der Waals surface area contributed by atoms with Crippen LogP contribution in [0.3, 0.4) is 0 Å². The molecule has 0 aliphatic heterocycles. The van der Waals surface area contributed by atoms with Crippen molar-refractivity contribution in [2.45, 2.75) is 50.0 Å². The van der Waals surface area contributed by atoms with Crippen LogP contribution in [0.4, 0.5) is 0 Å². The van der Waals surface area contributed by atoms with E-state index < -0.39 is 0 Å². The van der Waals surface area contributed by atoms with Crippen LogP contribution in [0.5, 0.6) is 0 Å². The Hall–Kier alpha value is 0.350. The van der Waals surface area contributed by atoms with Crippen molar-refractivity contribution in [3.63, 3.8) is 0 Å². The summed E-state index contributed by atoms with van der Waals surface area (Å²) in [5.74, 6) is 2.21. The van der Waals surface area contributed by atoms with E-state index in [4.69, 9.17) is 0 Å². The van der Waals surface area contributed by atoms with Gasteiger partial charge in [-0.3, -0.25) is 0 Å². The van der Waals surface area contributed by atoms with Crippen molar-refractivity contribution in [2.24, 2.45) is 11.8 Å². The molecule has 0 spiro atoms. The van der Waals surface area contributed by atoms with Gasteiger partial charge in [-0.25, -0.2) is 0 Å². The predicted molar refractivity (Wildman–Crippen MR) is 52.0 cm³/mol. The van der Waals surface area contributed by atoms with Crippen LogP contribution >= 0.6 is 11.8 Å². The summed E-state index contributed by atoms with van der Waals surface area (Å²) in [6, 6.07) is 0. The van der Waals surface area contributed by atoms with E-state index >= 15 is 0 Å². The Balaban J connectivity index is 1.94. The highest BCUT2D eigenvalue weighted by Crippen LogP contribution is 2.51. The van der Waals surface area contributed by atoms with Gasteiger partial charge in [0, 0.05) is 5.25 Å². The predicted octanol–water partition coefficient (Wildman–Crippen LogP) is 3.32. The zero-order chi connectivity index (χ0) is 7.84. The molecule has 0 atom stereocenters. The number of hydrogen-bond donors (Lipinski definition) is 0. The van der Waals surface area contributed by atoms with E-state index in [9.17, 15) is 0 Å². The van der Waals surface area contributed by atoms with E-state index in [2.05, 4.69) is 25.6 Å². The summed E-state index contributed by atoms with van der Waals surface area (Å²) in [5, 5.41) is 1.90. The number of fused-ring (bicyclic) bond motifs is 2. The Bertz CT molecular complexity index is 122. The van der Waals surface area contributed by atoms with Crippen molar-refractivity contribution in [3.8, 4) is 0 Å². The lowest BCUT2D eigenvalue weighted by atomic mass is 10.0. The topological polar surface area (TPSA) is 0 Å². The van der Waals surface area contributed by atoms with Gasteiger partial charge in [-0.1, -0.05) is 13.8 Å². The largest absolute Gasteiger partial charge is 0.155 e. The lowest BCUT2D eigenvalue weighted by molar-refractivity contribution is 0.480. The molecule has 2 rings (SSSR count). The fraction of sp³-hybridized carbons (Fsp3) is 1.00. The first-order valence-electron chi connectivity index (χ1n) is 4.93. The minimum atomic E-state index is 0.848. The molecule has 2 bridgehead atoms. The molecule has 2 saturated carbocycles. The van der Waals surface area contributed by atoms with Gasteiger partial charge in [0.2, 0.25) is 0 Å². The monoisotopic (exact) mass is 170 g/mol. The van der Waals surface area contributed by atoms with Gasteiger partial charge < -0.3 is 0 Å². The quantitative estimate of drug-likeness (QED) is 0.612. The summed E-state index contributed by atoms with van der Waals surface area (Å²) in [5.41, 5.74) is 0. The summed E-state index contributed by atoms with van der Waals surface area (Å²) in [7, 11) is 0. The van der Waals surface area contributed by atoms with Crippen molar-refractivity contribution in [1.82, 2.24) is 0 Å². The lowest BCUT2D eigenvalue weighted by Crippen LogP contribution is -2.11. The summed E-state index contributed by atoms with van der Waals surface area (Å²) >= 11 is 2.24. The standard InChI is InChI=1S/C10H18S/c1-7(2)11-10-8-3-4-9(10)6-5-8/h7-10H,3-6H2,1-2H3. The normalized spacial score (nSPS) is 42.3. The minimum Gasteiger partial charge on any atom is -0.155 e. The summed E-state index contributed by atoms with van der Waals surface area (Å²) in [6.45, 7) is 4.67. The van der Waals surface area contributed by atoms with Gasteiger partial charge in [-0.05, 0) is 42.8 Å². The second-order valence-corrected chi connectivity index (χ2v) is 6.08. The Kier molecular flexibility index (Phi) is 2.18. The van der Waals surface area contributed by atoms with E-state index in [0.29, 0.717) is 0 Å². The van der Waals surface area contributed by atoms with Crippen LogP contribution in [0.15, 0.2) is 0 Å². The molecular formula is C10H18S. The second kappa shape index (κ2) is 3.01. The molecule has 0 unspecified atom stereocenters. The van der Waals surface area contributed by atoms with Crippen LogP contribution in [-0.4, -0.2) is 10.5 Å². The van der Waals surface area contributed by atoms with Crippen LogP contribution in [0.25, 0.3) is 0 Å². The molecule has 0 aromatic heterocycles. The van der Waals surface area contributed by atoms with Gasteiger partial charge in [0.05, 0.1) is 0 Å². The summed E-state index contributed by atoms with van der Waals surface area (Å²) in [4.78, 5) is 0. The first kappa shape index (κ1) is 7.97. The van der Waals surface area contributed by atoms with Gasteiger partial charge in [0.1, 0.15) is 0 Å². The molecule has 0 radical (unpaired) electrons. The molecular weight excluding hydrogens is 152 g/mol. The van der Waals surface area contributed by atoms with Gasteiger partial charge in [0.15, 0.2) is 0 Å². The Morgan fingerprint density at radius 1 is 1.00 bits per heavy atom. The molecule has 0 heterocycles. The maximum absolute atomic E-state index is 2.34. The maximum atomic E-state index is 2.34. The van der Waals surface area contributed by atoms with Gasteiger partial charge >= 0.3 is 0 Å². The van der Waals surface area contributed by atoms with Crippen LogP contribution < -0.4 is 0 Å². The molecule has 1 heteroatoms. The average molecular weight is 170 g/mol. The Morgan fingerprint density at radius 2 is 1.45 bits per heavy atom. The van der Waals surface area contributed by atoms with Gasteiger partial charge in [-0.2, -0.15) is 11.8 Å². The third kappa shape index (κ3) is 1.44. The van der Waals surface area contributed by atoms with Crippen molar-refractivity contribution in [3.05, 3.63) is 0 Å². The zero-order valence-electron chi connectivity index (χ0n) is 7.55. The van der Waals surface area contributed by atoms with Crippen molar-refractivity contribution in [1.29, 1.82) is 0 Å². The van der Waals surface area contributed by atoms with Crippen LogP contribution in [0, 0.1) is 11.8 Å². The number of thioether (sulfide) groups is 1. The fourth-order valence-electron chi connectivity index (χ4n) is 2.72. The van der Waals surface area contributed by atoms with E-state index in [1.165, 1.54) is 25.7 Å². The second-order valence-electron chi connectivity index (χ2n) is 4.32. The number of rotatable bonds is 2. The molecule has 0 amide bonds. The van der Waals surface area contributed by atoms with Gasteiger partial charge in [-0.15, -0.1) is 0 Å². The van der Waals surface area contributed by atoms with Crippen LogP contribution in [0.1, 0.15) is 39.5 Å². The van der Waals surface area contributed by atoms with Crippen LogP contribution in [-0.2, 0) is 0 Å². The third-order valence-corrected chi connectivity index (χ3v) is 4.80. The molecule has 0 nitrogen and oxygen atoms in total. The van der Waals surface area contributed by atoms with Crippen molar-refractivity contribution >= 4 is 11.8 Å². The highest BCUT2D eigenvalue weighted by Gasteiger charge is 2.41. The highest BCUT2D eigenvalue weighted by atomic mass is 32.2. The average Bonchev–Trinajstić information content (AvgIpc) is 2.48. The van der Waals surface area contributed by atoms with E-state index in [0.717, 1.165) is 22.3 Å². The van der Waals surface area contributed by atoms with Gasteiger partial charge in [0.25, 0.3) is 0 Å². The molecule has 11 heavy (non-hydrogen) atoms. The lowest BCUT2D eigenvalue weighted by Gasteiger charge is -2.17. The summed E-state index contributed by atoms with van der Waals surface area (Å²) in [6.07, 6.45) is 6.15. The SMILES string of the molecule is CC(C)SC1C2CCC1CC2. The van der Waals surface area contributed by atoms with E-state index in [1.54, 1.807) is 0 Å². The molecule has 0 saturated heterocycles. The number of hydrogen-bond acceptors (Lipinski definition) is 1. The third-order valence-electron chi connectivity index (χ3n) is 3.18. The van der Waals surface area contributed by atoms with Crippen molar-refractivity contribution in [2.75, 3.05) is 0 Å². The smallest absolute Gasteiger partial charge is 0.0106 e. The van der Waals surface area contributed by atoms with Crippen LogP contribution in [0.2, 0.25) is 0 Å². The minimum absolute atomic E-state index is 0.848. The Morgan fingerprint density at radius 3 is 1.82 bits per heavy atom. The molecule has 0 N–H and O–H groups in total. The molecule has 2 aliphatic carbocycles. The molecule has 0 aromatic rings. The van der Waals surface area contributed by atoms with E-state index in [-0.39, 0.29) is 0 Å². The van der Waals surface area contributed by atoms with E-state index in [1.807, 2.05) is 0 Å². The van der Waals surface area contributed by atoms with Crippen molar-refractivity contribution < 1.29 is 0 Å². The molecule has 0 aromatic carbocycles. The highest BCUT2D eigenvalue weighted by molar-refractivity contribution is 8.00. The summed E-state index contributed by atoms with van der Waals surface area (Å²) < 4.78 is 0. The Labute approximate surface area is 74.1 Å². The zero-order valence-corrected chi connectivity index (χ0v) is 8.36.